The van der Waals surface area contributed by atoms with E-state index >= 15 is 0 Å². The van der Waals surface area contributed by atoms with Crippen molar-refractivity contribution < 1.29 is 19.0 Å². The Bertz CT molecular complexity index is 698. The number of amides is 1. The summed E-state index contributed by atoms with van der Waals surface area (Å²) >= 11 is 0. The normalized spacial score (nSPS) is 12.1. The van der Waals surface area contributed by atoms with Gasteiger partial charge in [-0.15, -0.1) is 0 Å². The number of carbonyl (C=O) groups is 1. The number of aliphatic hydroxyl groups is 1. The summed E-state index contributed by atoms with van der Waals surface area (Å²) < 4.78 is 19.2. The van der Waals surface area contributed by atoms with Gasteiger partial charge in [0.15, 0.2) is 0 Å². The molecule has 0 aliphatic heterocycles. The van der Waals surface area contributed by atoms with Gasteiger partial charge in [0.1, 0.15) is 11.6 Å². The Morgan fingerprint density at radius 2 is 1.88 bits per heavy atom. The van der Waals surface area contributed by atoms with E-state index in [2.05, 4.69) is 5.32 Å². The quantitative estimate of drug-likeness (QED) is 0.853. The fourth-order valence-corrected chi connectivity index (χ4v) is 2.26. The van der Waals surface area contributed by atoms with Crippen molar-refractivity contribution in [3.8, 4) is 5.75 Å². The highest BCUT2D eigenvalue weighted by atomic mass is 19.1. The molecule has 0 saturated carbocycles. The van der Waals surface area contributed by atoms with Crippen molar-refractivity contribution in [1.29, 1.82) is 0 Å². The Morgan fingerprint density at radius 3 is 2.50 bits per heavy atom. The van der Waals surface area contributed by atoms with Crippen LogP contribution in [0.3, 0.4) is 0 Å². The average molecular weight is 331 g/mol. The molecule has 1 unspecified atom stereocenters. The second-order valence-electron chi connectivity index (χ2n) is 5.94. The number of aryl methyl sites for hydroxylation is 1. The second-order valence-corrected chi connectivity index (χ2v) is 5.94. The van der Waals surface area contributed by atoms with Gasteiger partial charge >= 0.3 is 0 Å². The molecule has 0 aliphatic carbocycles. The van der Waals surface area contributed by atoms with E-state index in [0.29, 0.717) is 11.3 Å². The molecular formula is C19H22FNO3. The predicted molar refractivity (Wildman–Crippen MR) is 90.6 cm³/mol. The first-order valence-electron chi connectivity index (χ1n) is 7.86. The van der Waals surface area contributed by atoms with Gasteiger partial charge in [0.05, 0.1) is 17.8 Å². The monoisotopic (exact) mass is 331 g/mol. The van der Waals surface area contributed by atoms with E-state index in [1.807, 2.05) is 13.8 Å². The van der Waals surface area contributed by atoms with Crippen molar-refractivity contribution in [2.75, 3.05) is 6.54 Å². The van der Waals surface area contributed by atoms with Crippen LogP contribution in [0, 0.1) is 12.7 Å². The number of ether oxygens (including phenoxy) is 1. The molecule has 0 heterocycles. The summed E-state index contributed by atoms with van der Waals surface area (Å²) in [6.07, 6.45) is -0.806. The zero-order valence-corrected chi connectivity index (χ0v) is 14.0. The smallest absolute Gasteiger partial charge is 0.254 e. The Labute approximate surface area is 141 Å². The average Bonchev–Trinajstić information content (AvgIpc) is 2.54. The first kappa shape index (κ1) is 17.9. The molecule has 0 aromatic heterocycles. The number of aliphatic hydroxyl groups excluding tert-OH is 1. The molecular weight excluding hydrogens is 309 g/mol. The third-order valence-corrected chi connectivity index (χ3v) is 3.46. The van der Waals surface area contributed by atoms with Crippen LogP contribution >= 0.6 is 0 Å². The molecule has 128 valence electrons. The maximum Gasteiger partial charge on any atom is 0.254 e. The van der Waals surface area contributed by atoms with Crippen molar-refractivity contribution in [1.82, 2.24) is 5.32 Å². The minimum absolute atomic E-state index is 0.00337. The maximum atomic E-state index is 13.7. The van der Waals surface area contributed by atoms with Crippen LogP contribution in [0.15, 0.2) is 42.5 Å². The van der Waals surface area contributed by atoms with Gasteiger partial charge in [-0.25, -0.2) is 4.39 Å². The Balaban J connectivity index is 1.96. The molecule has 2 rings (SSSR count). The van der Waals surface area contributed by atoms with E-state index in [0.717, 1.165) is 5.56 Å². The van der Waals surface area contributed by atoms with Crippen molar-refractivity contribution >= 4 is 5.91 Å². The van der Waals surface area contributed by atoms with Crippen LogP contribution in [-0.4, -0.2) is 23.7 Å². The number of hydrogen-bond donors (Lipinski definition) is 2. The highest BCUT2D eigenvalue weighted by Gasteiger charge is 2.14. The van der Waals surface area contributed by atoms with E-state index in [-0.39, 0.29) is 18.2 Å². The molecule has 0 aliphatic rings. The number of hydrogen-bond acceptors (Lipinski definition) is 3. The lowest BCUT2D eigenvalue weighted by atomic mass is 10.1. The lowest BCUT2D eigenvalue weighted by Gasteiger charge is -2.14. The predicted octanol–water partition coefficient (Wildman–Crippen LogP) is 3.38. The highest BCUT2D eigenvalue weighted by molar-refractivity contribution is 5.94. The van der Waals surface area contributed by atoms with Crippen molar-refractivity contribution in [2.24, 2.45) is 0 Å². The molecule has 2 aromatic carbocycles. The first-order chi connectivity index (χ1) is 11.4. The molecule has 2 N–H and O–H groups in total. The minimum atomic E-state index is -0.880. The van der Waals surface area contributed by atoms with E-state index in [4.69, 9.17) is 4.74 Å². The Kier molecular flexibility index (Phi) is 5.93. The number of rotatable bonds is 6. The Morgan fingerprint density at radius 1 is 1.21 bits per heavy atom. The lowest BCUT2D eigenvalue weighted by Crippen LogP contribution is -2.29. The Hall–Kier alpha value is -2.40. The van der Waals surface area contributed by atoms with Crippen LogP contribution in [0.1, 0.15) is 41.4 Å². The molecule has 0 radical (unpaired) electrons. The largest absolute Gasteiger partial charge is 0.491 e. The maximum absolute atomic E-state index is 13.7. The SMILES string of the molecule is Cc1ccc(F)c(C(=O)NCC(O)c2ccc(OC(C)C)cc2)c1. The van der Waals surface area contributed by atoms with Gasteiger partial charge in [0, 0.05) is 6.54 Å². The van der Waals surface area contributed by atoms with Gasteiger partial charge < -0.3 is 15.2 Å². The zero-order valence-electron chi connectivity index (χ0n) is 14.0. The number of carbonyl (C=O) groups excluding carboxylic acids is 1. The summed E-state index contributed by atoms with van der Waals surface area (Å²) in [5.41, 5.74) is 1.42. The fraction of sp³-hybridized carbons (Fsp3) is 0.316. The van der Waals surface area contributed by atoms with Gasteiger partial charge in [-0.1, -0.05) is 23.8 Å². The zero-order chi connectivity index (χ0) is 17.7. The van der Waals surface area contributed by atoms with Crippen LogP contribution in [-0.2, 0) is 0 Å². The van der Waals surface area contributed by atoms with Crippen LogP contribution in [0.5, 0.6) is 5.75 Å². The van der Waals surface area contributed by atoms with Crippen molar-refractivity contribution in [2.45, 2.75) is 33.0 Å². The fourth-order valence-electron chi connectivity index (χ4n) is 2.26. The van der Waals surface area contributed by atoms with E-state index in [1.165, 1.54) is 12.1 Å². The molecule has 2 aromatic rings. The van der Waals surface area contributed by atoms with E-state index in [9.17, 15) is 14.3 Å². The topological polar surface area (TPSA) is 58.6 Å². The summed E-state index contributed by atoms with van der Waals surface area (Å²) in [7, 11) is 0. The first-order valence-corrected chi connectivity index (χ1v) is 7.86. The van der Waals surface area contributed by atoms with Gasteiger partial charge in [-0.05, 0) is 50.6 Å². The van der Waals surface area contributed by atoms with Crippen molar-refractivity contribution in [3.63, 3.8) is 0 Å². The van der Waals surface area contributed by atoms with Crippen molar-refractivity contribution in [3.05, 3.63) is 65.0 Å². The molecule has 0 bridgehead atoms. The van der Waals surface area contributed by atoms with Crippen LogP contribution < -0.4 is 10.1 Å². The van der Waals surface area contributed by atoms with E-state index < -0.39 is 17.8 Å². The van der Waals surface area contributed by atoms with Gasteiger partial charge in [0.25, 0.3) is 5.91 Å². The second kappa shape index (κ2) is 7.93. The van der Waals surface area contributed by atoms with E-state index in [1.54, 1.807) is 37.3 Å². The van der Waals surface area contributed by atoms with Gasteiger partial charge in [0.2, 0.25) is 0 Å². The molecule has 1 amide bonds. The van der Waals surface area contributed by atoms with Gasteiger partial charge in [-0.2, -0.15) is 0 Å². The van der Waals surface area contributed by atoms with Crippen LogP contribution in [0.25, 0.3) is 0 Å². The highest BCUT2D eigenvalue weighted by Crippen LogP contribution is 2.18. The molecule has 0 fully saturated rings. The summed E-state index contributed by atoms with van der Waals surface area (Å²) in [4.78, 5) is 12.0. The summed E-state index contributed by atoms with van der Waals surface area (Å²) in [5, 5.41) is 12.7. The lowest BCUT2D eigenvalue weighted by molar-refractivity contribution is 0.0912. The summed E-state index contributed by atoms with van der Waals surface area (Å²) in [6, 6.07) is 11.3. The minimum Gasteiger partial charge on any atom is -0.491 e. The van der Waals surface area contributed by atoms with Crippen LogP contribution in [0.2, 0.25) is 0 Å². The third-order valence-electron chi connectivity index (χ3n) is 3.46. The number of halogens is 1. The number of benzene rings is 2. The molecule has 0 saturated heterocycles. The molecule has 5 heteroatoms. The molecule has 24 heavy (non-hydrogen) atoms. The molecule has 4 nitrogen and oxygen atoms in total. The summed E-state index contributed by atoms with van der Waals surface area (Å²) in [5.74, 6) is -0.412. The molecule has 1 atom stereocenters. The van der Waals surface area contributed by atoms with Crippen LogP contribution in [0.4, 0.5) is 4.39 Å². The number of nitrogens with one attached hydrogen (secondary N) is 1. The standard InChI is InChI=1S/C19H22FNO3/c1-12(2)24-15-7-5-14(6-8-15)18(22)11-21-19(23)16-10-13(3)4-9-17(16)20/h4-10,12,18,22H,11H2,1-3H3,(H,21,23). The third kappa shape index (κ3) is 4.80. The van der Waals surface area contributed by atoms with Gasteiger partial charge in [-0.3, -0.25) is 4.79 Å². The summed E-state index contributed by atoms with van der Waals surface area (Å²) in [6.45, 7) is 5.65. The molecule has 0 spiro atoms.